The van der Waals surface area contributed by atoms with Crippen molar-refractivity contribution in [3.63, 3.8) is 0 Å². The van der Waals surface area contributed by atoms with Crippen LogP contribution < -0.4 is 5.11 Å². The number of allylic oxidation sites excluding steroid dienone is 2. The number of carbonyl (C=O) groups is 3. The molecule has 228 valence electrons. The monoisotopic (exact) mass is 553 g/mol. The highest BCUT2D eigenvalue weighted by molar-refractivity contribution is 5.69. The molecule has 3 unspecified atom stereocenters. The number of carboxylic acid groups (broad SMARTS) is 3. The predicted molar refractivity (Wildman–Crippen MR) is 156 cm³/mol. The summed E-state index contributed by atoms with van der Waals surface area (Å²) < 4.78 is 0.584. The first-order valence-corrected chi connectivity index (χ1v) is 15.7. The van der Waals surface area contributed by atoms with Crippen LogP contribution >= 0.6 is 0 Å². The molecule has 0 spiro atoms. The minimum Gasteiger partial charge on any atom is -0.550 e. The van der Waals surface area contributed by atoms with Crippen LogP contribution in [-0.4, -0.2) is 58.8 Å². The Labute approximate surface area is 238 Å². The molecule has 0 radical (unpaired) electrons. The van der Waals surface area contributed by atoms with Gasteiger partial charge in [0.1, 0.15) is 0 Å². The zero-order chi connectivity index (χ0) is 29.5. The second kappa shape index (κ2) is 22.9. The van der Waals surface area contributed by atoms with Crippen molar-refractivity contribution in [2.75, 3.05) is 26.2 Å². The van der Waals surface area contributed by atoms with Crippen LogP contribution in [0, 0.1) is 17.8 Å². The largest absolute Gasteiger partial charge is 0.550 e. The lowest BCUT2D eigenvalue weighted by Crippen LogP contribution is -2.52. The highest BCUT2D eigenvalue weighted by atomic mass is 16.4. The van der Waals surface area contributed by atoms with Gasteiger partial charge in [0.15, 0.2) is 0 Å². The fourth-order valence-electron chi connectivity index (χ4n) is 5.02. The first-order chi connectivity index (χ1) is 18.5. The molecule has 0 saturated carbocycles. The van der Waals surface area contributed by atoms with E-state index >= 15 is 0 Å². The van der Waals surface area contributed by atoms with Gasteiger partial charge in [-0.3, -0.25) is 9.59 Å². The second-order valence-corrected chi connectivity index (χ2v) is 11.9. The van der Waals surface area contributed by atoms with Gasteiger partial charge in [-0.1, -0.05) is 91.2 Å². The van der Waals surface area contributed by atoms with Crippen LogP contribution in [0.2, 0.25) is 0 Å². The van der Waals surface area contributed by atoms with E-state index in [1.165, 1.54) is 57.8 Å². The van der Waals surface area contributed by atoms with Crippen molar-refractivity contribution in [1.29, 1.82) is 0 Å². The minimum absolute atomic E-state index is 0.445. The number of nitrogens with zero attached hydrogens (tertiary/aromatic N) is 1. The summed E-state index contributed by atoms with van der Waals surface area (Å²) in [5.41, 5.74) is 0. The Morgan fingerprint density at radius 3 is 1.38 bits per heavy atom. The maximum Gasteiger partial charge on any atom is 0.306 e. The van der Waals surface area contributed by atoms with Crippen LogP contribution in [0.1, 0.15) is 130 Å². The minimum atomic E-state index is -1.07. The van der Waals surface area contributed by atoms with Crippen LogP contribution in [0.5, 0.6) is 0 Å². The van der Waals surface area contributed by atoms with E-state index in [-0.39, 0.29) is 0 Å². The first-order valence-electron chi connectivity index (χ1n) is 15.7. The summed E-state index contributed by atoms with van der Waals surface area (Å²) in [5.74, 6) is -4.31. The van der Waals surface area contributed by atoms with Crippen LogP contribution in [-0.2, 0) is 14.4 Å². The van der Waals surface area contributed by atoms with Gasteiger partial charge in [-0.25, -0.2) is 0 Å². The van der Waals surface area contributed by atoms with E-state index in [4.69, 9.17) is 0 Å². The molecule has 0 amide bonds. The summed E-state index contributed by atoms with van der Waals surface area (Å²) in [7, 11) is 0. The quantitative estimate of drug-likeness (QED) is 0.0686. The SMILES string of the molecule is CC/C=C/CCCCCCCCCCCCC[N+](CCC(C)C(=O)[O-])(CCC(C)C(=O)O)CCC(C)C(=O)O. The number of quaternary nitrogens is 1. The van der Waals surface area contributed by atoms with E-state index in [1.807, 2.05) is 0 Å². The molecule has 0 rings (SSSR count). The number of carboxylic acids is 3. The van der Waals surface area contributed by atoms with Gasteiger partial charge in [0.25, 0.3) is 0 Å². The average Bonchev–Trinajstić information content (AvgIpc) is 2.90. The van der Waals surface area contributed by atoms with Gasteiger partial charge in [0, 0.05) is 31.1 Å². The van der Waals surface area contributed by atoms with Crippen molar-refractivity contribution in [3.8, 4) is 0 Å². The molecule has 0 heterocycles. The zero-order valence-corrected chi connectivity index (χ0v) is 25.5. The molecule has 7 nitrogen and oxygen atoms in total. The predicted octanol–water partition coefficient (Wildman–Crippen LogP) is 6.45. The Morgan fingerprint density at radius 2 is 1.00 bits per heavy atom. The van der Waals surface area contributed by atoms with Crippen molar-refractivity contribution in [1.82, 2.24) is 0 Å². The van der Waals surface area contributed by atoms with Crippen LogP contribution in [0.15, 0.2) is 12.2 Å². The Hall–Kier alpha value is -1.89. The van der Waals surface area contributed by atoms with Gasteiger partial charge in [-0.05, 0) is 32.1 Å². The van der Waals surface area contributed by atoms with E-state index in [0.717, 1.165) is 32.2 Å². The lowest BCUT2D eigenvalue weighted by molar-refractivity contribution is -0.929. The molecule has 0 aromatic heterocycles. The third kappa shape index (κ3) is 19.8. The second-order valence-electron chi connectivity index (χ2n) is 11.9. The molecule has 0 aromatic rings. The van der Waals surface area contributed by atoms with E-state index in [9.17, 15) is 29.7 Å². The molecule has 0 aliphatic carbocycles. The number of hydrogen-bond donors (Lipinski definition) is 2. The molecule has 7 heteroatoms. The summed E-state index contributed by atoms with van der Waals surface area (Å²) >= 11 is 0. The van der Waals surface area contributed by atoms with Crippen LogP contribution in [0.3, 0.4) is 0 Å². The average molecular weight is 554 g/mol. The van der Waals surface area contributed by atoms with Gasteiger partial charge >= 0.3 is 11.9 Å². The maximum absolute atomic E-state index is 11.5. The highest BCUT2D eigenvalue weighted by Gasteiger charge is 2.30. The van der Waals surface area contributed by atoms with Gasteiger partial charge in [0.2, 0.25) is 0 Å². The van der Waals surface area contributed by atoms with Crippen molar-refractivity contribution in [3.05, 3.63) is 12.2 Å². The normalized spacial score (nSPS) is 15.6. The van der Waals surface area contributed by atoms with Crippen LogP contribution in [0.25, 0.3) is 0 Å². The molecule has 3 atom stereocenters. The Balaban J connectivity index is 4.69. The summed E-state index contributed by atoms with van der Waals surface area (Å²) in [4.78, 5) is 34.3. The molecule has 0 aromatic carbocycles. The number of hydrogen-bond acceptors (Lipinski definition) is 4. The highest BCUT2D eigenvalue weighted by Crippen LogP contribution is 2.22. The Bertz CT molecular complexity index is 632. The van der Waals surface area contributed by atoms with Crippen molar-refractivity contribution in [2.45, 2.75) is 130 Å². The first kappa shape index (κ1) is 37.1. The lowest BCUT2D eigenvalue weighted by atomic mass is 10.0. The molecule has 0 aliphatic heterocycles. The molecule has 0 bridgehead atoms. The number of carbonyl (C=O) groups excluding carboxylic acids is 1. The van der Waals surface area contributed by atoms with E-state index in [0.29, 0.717) is 43.4 Å². The summed E-state index contributed by atoms with van der Waals surface area (Å²) in [5, 5.41) is 30.2. The van der Waals surface area contributed by atoms with Gasteiger partial charge < -0.3 is 24.6 Å². The molecule has 0 aliphatic rings. The van der Waals surface area contributed by atoms with E-state index in [2.05, 4.69) is 19.1 Å². The van der Waals surface area contributed by atoms with Crippen molar-refractivity contribution < 1.29 is 34.2 Å². The van der Waals surface area contributed by atoms with Crippen molar-refractivity contribution in [2.24, 2.45) is 17.8 Å². The third-order valence-corrected chi connectivity index (χ3v) is 8.26. The van der Waals surface area contributed by atoms with E-state index < -0.39 is 35.7 Å². The topological polar surface area (TPSA) is 115 Å². The fraction of sp³-hybridized carbons (Fsp3) is 0.844. The number of unbranched alkanes of at least 4 members (excludes halogenated alkanes) is 11. The molecule has 0 fully saturated rings. The maximum atomic E-state index is 11.5. The molecule has 39 heavy (non-hydrogen) atoms. The molecule has 2 N–H and O–H groups in total. The summed E-state index contributed by atoms with van der Waals surface area (Å²) in [6, 6.07) is 0. The summed E-state index contributed by atoms with van der Waals surface area (Å²) in [6.07, 6.45) is 21.9. The summed E-state index contributed by atoms with van der Waals surface area (Å²) in [6.45, 7) is 9.88. The standard InChI is InChI=1S/C32H59NO6/c1-5-6-7-8-9-10-11-12-13-14-15-16-17-18-19-23-33(24-20-27(2)30(34)35,25-21-28(3)31(36)37)26-22-29(4)32(38)39/h6-7,27-29H,5,8-26H2,1-4H3,(H2-,34,35,36,37,38,39)/b7-6+. The molecular weight excluding hydrogens is 494 g/mol. The number of aliphatic carboxylic acids is 3. The lowest BCUT2D eigenvalue weighted by Gasteiger charge is -2.41. The molecular formula is C32H59NO6. The van der Waals surface area contributed by atoms with E-state index in [1.54, 1.807) is 20.8 Å². The smallest absolute Gasteiger partial charge is 0.306 e. The Kier molecular flexibility index (Phi) is 21.8. The number of rotatable bonds is 27. The van der Waals surface area contributed by atoms with Crippen molar-refractivity contribution >= 4 is 17.9 Å². The fourth-order valence-corrected chi connectivity index (χ4v) is 5.02. The zero-order valence-electron chi connectivity index (χ0n) is 25.5. The van der Waals surface area contributed by atoms with Gasteiger partial charge in [0.05, 0.1) is 38.0 Å². The third-order valence-electron chi connectivity index (χ3n) is 8.26. The Morgan fingerprint density at radius 1 is 0.615 bits per heavy atom. The van der Waals surface area contributed by atoms with Gasteiger partial charge in [-0.15, -0.1) is 0 Å². The van der Waals surface area contributed by atoms with Crippen LogP contribution in [0.4, 0.5) is 0 Å². The molecule has 0 saturated heterocycles. The van der Waals surface area contributed by atoms with Gasteiger partial charge in [-0.2, -0.15) is 0 Å².